The van der Waals surface area contributed by atoms with Gasteiger partial charge < -0.3 is 14.8 Å². The van der Waals surface area contributed by atoms with E-state index in [4.69, 9.17) is 4.74 Å². The van der Waals surface area contributed by atoms with Crippen molar-refractivity contribution >= 4 is 17.7 Å². The van der Waals surface area contributed by atoms with Crippen molar-refractivity contribution in [3.8, 4) is 11.5 Å². The van der Waals surface area contributed by atoms with Crippen LogP contribution in [-0.4, -0.2) is 19.1 Å². The predicted octanol–water partition coefficient (Wildman–Crippen LogP) is 4.76. The largest absolute Gasteiger partial charge is 0.490 e. The number of benzene rings is 2. The van der Waals surface area contributed by atoms with E-state index in [2.05, 4.69) is 10.1 Å². The quantitative estimate of drug-likeness (QED) is 0.424. The summed E-state index contributed by atoms with van der Waals surface area (Å²) < 4.78 is 73.8. The molecular weight excluding hydrogens is 373 g/mol. The minimum absolute atomic E-state index is 0.0482. The molecule has 144 valence electrons. The van der Waals surface area contributed by atoms with E-state index >= 15 is 0 Å². The highest BCUT2D eigenvalue weighted by atomic mass is 19.3. The molecule has 1 amide bonds. The van der Waals surface area contributed by atoms with Gasteiger partial charge in [0.25, 0.3) is 0 Å². The van der Waals surface area contributed by atoms with Crippen LogP contribution in [0.25, 0.3) is 6.08 Å². The third kappa shape index (κ3) is 5.44. The van der Waals surface area contributed by atoms with Gasteiger partial charge in [-0.2, -0.15) is 8.78 Å². The van der Waals surface area contributed by atoms with Crippen molar-refractivity contribution in [3.63, 3.8) is 0 Å². The summed E-state index contributed by atoms with van der Waals surface area (Å²) in [4.78, 5) is 11.8. The molecule has 1 N–H and O–H groups in total. The molecule has 2 aromatic carbocycles. The molecule has 0 unspecified atom stereocenters. The number of rotatable bonds is 7. The molecule has 0 spiro atoms. The van der Waals surface area contributed by atoms with E-state index in [1.807, 2.05) is 0 Å². The number of hydrogen-bond donors (Lipinski definition) is 1. The van der Waals surface area contributed by atoms with Gasteiger partial charge in [0.1, 0.15) is 0 Å². The minimum atomic E-state index is -3.03. The molecule has 2 rings (SSSR count). The van der Waals surface area contributed by atoms with Crippen LogP contribution >= 0.6 is 0 Å². The van der Waals surface area contributed by atoms with Gasteiger partial charge in [-0.05, 0) is 42.8 Å². The number of nitrogens with one attached hydrogen (secondary N) is 1. The number of halogens is 5. The van der Waals surface area contributed by atoms with Gasteiger partial charge in [0.2, 0.25) is 5.91 Å². The Morgan fingerprint density at radius 2 is 1.85 bits per heavy atom. The Labute approximate surface area is 151 Å². The lowest BCUT2D eigenvalue weighted by Gasteiger charge is -2.11. The summed E-state index contributed by atoms with van der Waals surface area (Å²) in [6.07, 6.45) is 2.29. The van der Waals surface area contributed by atoms with Crippen LogP contribution < -0.4 is 14.8 Å². The van der Waals surface area contributed by atoms with E-state index in [1.54, 1.807) is 6.92 Å². The Kier molecular flexibility index (Phi) is 6.75. The Bertz CT molecular complexity index is 855. The van der Waals surface area contributed by atoms with Crippen LogP contribution in [0.5, 0.6) is 11.5 Å². The molecule has 0 fully saturated rings. The Balaban J connectivity index is 2.13. The fraction of sp³-hybridized carbons (Fsp3) is 0.167. The number of carbonyl (C=O) groups is 1. The molecule has 0 saturated heterocycles. The molecule has 0 aliphatic carbocycles. The second kappa shape index (κ2) is 9.02. The zero-order valence-corrected chi connectivity index (χ0v) is 13.9. The number of anilines is 1. The molecule has 0 aliphatic rings. The highest BCUT2D eigenvalue weighted by Gasteiger charge is 2.14. The third-order valence-electron chi connectivity index (χ3n) is 3.20. The molecule has 0 saturated carbocycles. The Morgan fingerprint density at radius 1 is 1.11 bits per heavy atom. The Morgan fingerprint density at radius 3 is 2.52 bits per heavy atom. The number of amides is 1. The van der Waals surface area contributed by atoms with E-state index in [9.17, 15) is 26.7 Å². The Hall–Kier alpha value is -3.10. The van der Waals surface area contributed by atoms with Gasteiger partial charge in [-0.25, -0.2) is 13.2 Å². The first-order valence-electron chi connectivity index (χ1n) is 7.66. The smallest absolute Gasteiger partial charge is 0.387 e. The van der Waals surface area contributed by atoms with Crippen molar-refractivity contribution in [2.24, 2.45) is 0 Å². The van der Waals surface area contributed by atoms with E-state index in [0.29, 0.717) is 11.6 Å². The summed E-state index contributed by atoms with van der Waals surface area (Å²) in [7, 11) is 0. The normalized spacial score (nSPS) is 11.1. The van der Waals surface area contributed by atoms with Gasteiger partial charge >= 0.3 is 6.61 Å². The number of alkyl halides is 2. The maximum absolute atomic E-state index is 13.5. The van der Waals surface area contributed by atoms with Crippen LogP contribution in [-0.2, 0) is 4.79 Å². The predicted molar refractivity (Wildman–Crippen MR) is 88.2 cm³/mol. The van der Waals surface area contributed by atoms with Crippen LogP contribution in [0.3, 0.4) is 0 Å². The van der Waals surface area contributed by atoms with Crippen molar-refractivity contribution in [2.75, 3.05) is 11.9 Å². The molecule has 2 aromatic rings. The first-order chi connectivity index (χ1) is 12.8. The summed E-state index contributed by atoms with van der Waals surface area (Å²) in [5.41, 5.74) is -0.125. The lowest BCUT2D eigenvalue weighted by atomic mass is 10.2. The zero-order chi connectivity index (χ0) is 20.0. The van der Waals surface area contributed by atoms with E-state index in [1.165, 1.54) is 24.3 Å². The van der Waals surface area contributed by atoms with Crippen molar-refractivity contribution in [3.05, 3.63) is 59.4 Å². The van der Waals surface area contributed by atoms with Crippen LogP contribution in [0.4, 0.5) is 27.6 Å². The van der Waals surface area contributed by atoms with Crippen molar-refractivity contribution in [1.29, 1.82) is 0 Å². The summed E-state index contributed by atoms with van der Waals surface area (Å²) in [5.74, 6) is -5.54. The second-order valence-corrected chi connectivity index (χ2v) is 5.06. The van der Waals surface area contributed by atoms with Crippen molar-refractivity contribution < 1.29 is 36.2 Å². The third-order valence-corrected chi connectivity index (χ3v) is 3.20. The van der Waals surface area contributed by atoms with Gasteiger partial charge in [0, 0.05) is 6.08 Å². The average molecular weight is 387 g/mol. The molecule has 9 heteroatoms. The molecule has 0 aromatic heterocycles. The molecule has 27 heavy (non-hydrogen) atoms. The second-order valence-electron chi connectivity index (χ2n) is 5.06. The van der Waals surface area contributed by atoms with Crippen LogP contribution in [0.1, 0.15) is 12.5 Å². The zero-order valence-electron chi connectivity index (χ0n) is 13.9. The summed E-state index contributed by atoms with van der Waals surface area (Å²) in [6.45, 7) is -1.18. The number of ether oxygens (including phenoxy) is 2. The van der Waals surface area contributed by atoms with Gasteiger partial charge in [0.05, 0.1) is 12.3 Å². The molecule has 0 bridgehead atoms. The number of carbonyl (C=O) groups excluding carboxylic acids is 1. The lowest BCUT2D eigenvalue weighted by molar-refractivity contribution is -0.111. The van der Waals surface area contributed by atoms with Gasteiger partial charge in [-0.15, -0.1) is 0 Å². The number of hydrogen-bond acceptors (Lipinski definition) is 3. The topological polar surface area (TPSA) is 47.6 Å². The molecule has 0 heterocycles. The lowest BCUT2D eigenvalue weighted by Crippen LogP contribution is -2.10. The van der Waals surface area contributed by atoms with E-state index in [0.717, 1.165) is 12.1 Å². The summed E-state index contributed by atoms with van der Waals surface area (Å²) >= 11 is 0. The highest BCUT2D eigenvalue weighted by molar-refractivity contribution is 6.02. The molecule has 0 radical (unpaired) electrons. The standard InChI is InChI=1S/C18H14F5NO3/c1-2-26-14-9-10(3-7-13(14)27-18(22)23)4-8-15(25)24-12-6-5-11(19)16(20)17(12)21/h3-9,18H,2H2,1H3,(H,24,25)/b8-4+. The highest BCUT2D eigenvalue weighted by Crippen LogP contribution is 2.30. The summed E-state index contributed by atoms with van der Waals surface area (Å²) in [6, 6.07) is 5.55. The first-order valence-corrected chi connectivity index (χ1v) is 7.66. The fourth-order valence-electron chi connectivity index (χ4n) is 2.06. The van der Waals surface area contributed by atoms with Gasteiger partial charge in [0.15, 0.2) is 29.0 Å². The fourth-order valence-corrected chi connectivity index (χ4v) is 2.06. The van der Waals surface area contributed by atoms with Gasteiger partial charge in [-0.1, -0.05) is 6.07 Å². The van der Waals surface area contributed by atoms with Crippen LogP contribution in [0, 0.1) is 17.5 Å². The van der Waals surface area contributed by atoms with Crippen molar-refractivity contribution in [1.82, 2.24) is 0 Å². The van der Waals surface area contributed by atoms with Gasteiger partial charge in [-0.3, -0.25) is 4.79 Å². The molecule has 0 aliphatic heterocycles. The maximum Gasteiger partial charge on any atom is 0.387 e. The molecular formula is C18H14F5NO3. The monoisotopic (exact) mass is 387 g/mol. The molecule has 4 nitrogen and oxygen atoms in total. The molecule has 0 atom stereocenters. The van der Waals surface area contributed by atoms with Crippen LogP contribution in [0.2, 0.25) is 0 Å². The average Bonchev–Trinajstić information content (AvgIpc) is 2.62. The SMILES string of the molecule is CCOc1cc(/C=C/C(=O)Nc2ccc(F)c(F)c2F)ccc1OC(F)F. The van der Waals surface area contributed by atoms with E-state index in [-0.39, 0.29) is 18.1 Å². The van der Waals surface area contributed by atoms with Crippen molar-refractivity contribution in [2.45, 2.75) is 13.5 Å². The van der Waals surface area contributed by atoms with Crippen LogP contribution in [0.15, 0.2) is 36.4 Å². The van der Waals surface area contributed by atoms with E-state index < -0.39 is 35.7 Å². The first kappa shape index (κ1) is 20.2. The maximum atomic E-state index is 13.5. The minimum Gasteiger partial charge on any atom is -0.490 e. The summed E-state index contributed by atoms with van der Waals surface area (Å²) in [5, 5.41) is 2.06.